The van der Waals surface area contributed by atoms with Crippen molar-refractivity contribution in [1.82, 2.24) is 4.90 Å². The van der Waals surface area contributed by atoms with Gasteiger partial charge in [-0.3, -0.25) is 4.79 Å². The summed E-state index contributed by atoms with van der Waals surface area (Å²) in [6.07, 6.45) is 3.25. The van der Waals surface area contributed by atoms with Gasteiger partial charge in [0.15, 0.2) is 0 Å². The number of para-hydroxylation sites is 1. The van der Waals surface area contributed by atoms with E-state index in [9.17, 15) is 13.6 Å². The van der Waals surface area contributed by atoms with Crippen molar-refractivity contribution in [3.63, 3.8) is 0 Å². The number of rotatable bonds is 5. The third-order valence-corrected chi connectivity index (χ3v) is 6.91. The molecule has 2 aliphatic rings. The molecule has 0 unspecified atom stereocenters. The van der Waals surface area contributed by atoms with Gasteiger partial charge >= 0.3 is 0 Å². The van der Waals surface area contributed by atoms with Gasteiger partial charge in [-0.05, 0) is 66.5 Å². The number of amides is 1. The zero-order chi connectivity index (χ0) is 21.5. The molecular formula is C24H28F2N2OS. The summed E-state index contributed by atoms with van der Waals surface area (Å²) in [5.41, 5.74) is 2.59. The number of hydrogen-bond acceptors (Lipinski definition) is 3. The molecular weight excluding hydrogens is 402 g/mol. The van der Waals surface area contributed by atoms with Crippen LogP contribution in [0.25, 0.3) is 0 Å². The minimum atomic E-state index is -2.44. The molecule has 1 N–H and O–H groups in total. The number of likely N-dealkylation sites (tertiary alicyclic amines) is 1. The maximum Gasteiger partial charge on any atom is 0.288 e. The first-order valence-electron chi connectivity index (χ1n) is 10.4. The van der Waals surface area contributed by atoms with Gasteiger partial charge in [0, 0.05) is 23.2 Å². The number of fused-ring (bicyclic) bond motifs is 2. The summed E-state index contributed by atoms with van der Waals surface area (Å²) in [4.78, 5) is 16.1. The van der Waals surface area contributed by atoms with Crippen LogP contribution in [-0.4, -0.2) is 29.2 Å². The summed E-state index contributed by atoms with van der Waals surface area (Å²) in [6, 6.07) is 14.7. The van der Waals surface area contributed by atoms with Crippen molar-refractivity contribution in [2.75, 3.05) is 11.9 Å². The molecule has 3 nitrogen and oxygen atoms in total. The Hall–Kier alpha value is -2.08. The van der Waals surface area contributed by atoms with Crippen LogP contribution in [0.5, 0.6) is 0 Å². The summed E-state index contributed by atoms with van der Waals surface area (Å²) in [5, 5.41) is 3.30. The van der Waals surface area contributed by atoms with Crippen LogP contribution in [0.3, 0.4) is 0 Å². The van der Waals surface area contributed by atoms with Gasteiger partial charge in [0.25, 0.3) is 11.7 Å². The monoisotopic (exact) mass is 430 g/mol. The van der Waals surface area contributed by atoms with Crippen LogP contribution < -0.4 is 5.32 Å². The van der Waals surface area contributed by atoms with E-state index in [1.54, 1.807) is 24.3 Å². The van der Waals surface area contributed by atoms with Crippen molar-refractivity contribution >= 4 is 29.0 Å². The molecule has 2 aromatic rings. The second kappa shape index (κ2) is 7.88. The fourth-order valence-corrected chi connectivity index (χ4v) is 6.00. The minimum absolute atomic E-state index is 0.0643. The first-order valence-corrected chi connectivity index (χ1v) is 11.2. The number of hydrogen-bond donors (Lipinski definition) is 1. The van der Waals surface area contributed by atoms with E-state index in [1.165, 1.54) is 0 Å². The number of nitrogens with zero attached hydrogens (tertiary/aromatic N) is 1. The Morgan fingerprint density at radius 1 is 1.10 bits per heavy atom. The Morgan fingerprint density at radius 3 is 2.50 bits per heavy atom. The van der Waals surface area contributed by atoms with Crippen molar-refractivity contribution in [1.29, 1.82) is 0 Å². The molecule has 160 valence electrons. The van der Waals surface area contributed by atoms with Gasteiger partial charge in [-0.25, -0.2) is 0 Å². The summed E-state index contributed by atoms with van der Waals surface area (Å²) in [7, 11) is 0. The van der Waals surface area contributed by atoms with E-state index in [2.05, 4.69) is 31.0 Å². The van der Waals surface area contributed by atoms with Crippen molar-refractivity contribution in [3.05, 3.63) is 54.1 Å². The number of nitrogens with one attached hydrogen (secondary N) is 1. The third-order valence-electron chi connectivity index (χ3n) is 6.19. The van der Waals surface area contributed by atoms with Crippen molar-refractivity contribution < 1.29 is 13.6 Å². The van der Waals surface area contributed by atoms with Crippen LogP contribution in [0.2, 0.25) is 0 Å². The zero-order valence-electron chi connectivity index (χ0n) is 17.6. The molecule has 0 spiro atoms. The van der Waals surface area contributed by atoms with Gasteiger partial charge in [0.05, 0.1) is 11.3 Å². The first-order chi connectivity index (χ1) is 14.1. The van der Waals surface area contributed by atoms with Crippen LogP contribution in [-0.2, 0) is 0 Å². The number of benzene rings is 2. The predicted molar refractivity (Wildman–Crippen MR) is 119 cm³/mol. The molecule has 30 heavy (non-hydrogen) atoms. The number of carbonyl (C=O) groups is 1. The molecule has 0 aromatic heterocycles. The van der Waals surface area contributed by atoms with Crippen LogP contribution in [0.15, 0.2) is 53.4 Å². The summed E-state index contributed by atoms with van der Waals surface area (Å²) in [6.45, 7) is 7.71. The molecule has 1 saturated heterocycles. The molecule has 6 heteroatoms. The van der Waals surface area contributed by atoms with Crippen molar-refractivity contribution in [2.24, 2.45) is 10.8 Å². The lowest BCUT2D eigenvalue weighted by Crippen LogP contribution is -2.37. The Balaban J connectivity index is 1.54. The van der Waals surface area contributed by atoms with E-state index in [4.69, 9.17) is 0 Å². The third kappa shape index (κ3) is 4.48. The van der Waals surface area contributed by atoms with Crippen LogP contribution >= 0.6 is 11.8 Å². The van der Waals surface area contributed by atoms with Crippen molar-refractivity contribution in [3.8, 4) is 0 Å². The SMILES string of the molecule is CC1(C)C[C@H]2C[C@@](C)(CN2C(=O)c2ccccc2Nc2ccc(SC(F)F)cc2)C1. The molecule has 2 bridgehead atoms. The zero-order valence-corrected chi connectivity index (χ0v) is 18.4. The van der Waals surface area contributed by atoms with E-state index in [0.717, 1.165) is 37.2 Å². The summed E-state index contributed by atoms with van der Waals surface area (Å²) in [5.74, 6) is -2.37. The number of halogens is 2. The van der Waals surface area contributed by atoms with Crippen LogP contribution in [0.1, 0.15) is 50.4 Å². The second-order valence-electron chi connectivity index (χ2n) is 9.72. The van der Waals surface area contributed by atoms with Gasteiger partial charge in [-0.15, -0.1) is 0 Å². The Bertz CT molecular complexity index is 931. The highest BCUT2D eigenvalue weighted by atomic mass is 32.2. The molecule has 1 aliphatic carbocycles. The van der Waals surface area contributed by atoms with Gasteiger partial charge in [0.2, 0.25) is 0 Å². The standard InChI is InChI=1S/C24H28F2N2OS/c1-23(2)12-17-13-24(3,14-23)15-28(17)21(29)19-6-4-5-7-20(19)27-16-8-10-18(11-9-16)30-22(25)26/h4-11,17,22,27H,12-15H2,1-3H3/t17-,24+/m0/s1. The topological polar surface area (TPSA) is 32.3 Å². The van der Waals surface area contributed by atoms with E-state index in [0.29, 0.717) is 22.2 Å². The molecule has 1 heterocycles. The number of alkyl halides is 2. The average molecular weight is 431 g/mol. The maximum absolute atomic E-state index is 13.5. The highest BCUT2D eigenvalue weighted by molar-refractivity contribution is 7.99. The smallest absolute Gasteiger partial charge is 0.288 e. The molecule has 2 fully saturated rings. The lowest BCUT2D eigenvalue weighted by Gasteiger charge is -2.39. The Morgan fingerprint density at radius 2 is 1.80 bits per heavy atom. The Kier molecular flexibility index (Phi) is 5.56. The Labute approximate surface area is 181 Å². The van der Waals surface area contributed by atoms with Crippen molar-refractivity contribution in [2.45, 2.75) is 56.7 Å². The van der Waals surface area contributed by atoms with E-state index in [1.807, 2.05) is 24.3 Å². The fraction of sp³-hybridized carbons (Fsp3) is 0.458. The highest BCUT2D eigenvalue weighted by Gasteiger charge is 2.51. The largest absolute Gasteiger partial charge is 0.355 e. The van der Waals surface area contributed by atoms with Gasteiger partial charge in [0.1, 0.15) is 0 Å². The maximum atomic E-state index is 13.5. The summed E-state index contributed by atoms with van der Waals surface area (Å²) >= 11 is 0.525. The molecule has 2 aromatic carbocycles. The molecule has 1 aliphatic heterocycles. The van der Waals surface area contributed by atoms with Gasteiger partial charge in [-0.2, -0.15) is 8.78 Å². The normalized spacial score (nSPS) is 24.9. The molecule has 2 atom stereocenters. The molecule has 1 amide bonds. The highest BCUT2D eigenvalue weighted by Crippen LogP contribution is 2.52. The molecule has 4 rings (SSSR count). The van der Waals surface area contributed by atoms with Gasteiger partial charge < -0.3 is 10.2 Å². The first kappa shape index (κ1) is 21.2. The van der Waals surface area contributed by atoms with E-state index >= 15 is 0 Å². The number of carbonyl (C=O) groups excluding carboxylic acids is 1. The van der Waals surface area contributed by atoms with Gasteiger partial charge in [-0.1, -0.05) is 44.7 Å². The quantitative estimate of drug-likeness (QED) is 0.530. The molecule has 1 saturated carbocycles. The van der Waals surface area contributed by atoms with E-state index in [-0.39, 0.29) is 22.8 Å². The number of thioether (sulfide) groups is 1. The average Bonchev–Trinajstić information content (AvgIpc) is 2.91. The predicted octanol–water partition coefficient (Wildman–Crippen LogP) is 6.79. The lowest BCUT2D eigenvalue weighted by atomic mass is 9.65. The minimum Gasteiger partial charge on any atom is -0.355 e. The summed E-state index contributed by atoms with van der Waals surface area (Å²) < 4.78 is 25.1. The number of anilines is 2. The van der Waals surface area contributed by atoms with Crippen LogP contribution in [0.4, 0.5) is 20.2 Å². The fourth-order valence-electron chi connectivity index (χ4n) is 5.51. The van der Waals surface area contributed by atoms with Crippen LogP contribution in [0, 0.1) is 10.8 Å². The second-order valence-corrected chi connectivity index (χ2v) is 10.8. The molecule has 0 radical (unpaired) electrons. The van der Waals surface area contributed by atoms with E-state index < -0.39 is 5.76 Å². The lowest BCUT2D eigenvalue weighted by molar-refractivity contribution is 0.0709.